The van der Waals surface area contributed by atoms with Crippen LogP contribution in [0.15, 0.2) is 12.1 Å². The topological polar surface area (TPSA) is 9.23 Å². The van der Waals surface area contributed by atoms with Crippen LogP contribution in [-0.4, -0.2) is 6.61 Å². The molecule has 3 heteroatoms. The first kappa shape index (κ1) is 9.17. The fraction of sp³-hybridized carbons (Fsp3) is 0.400. The Kier molecular flexibility index (Phi) is 2.39. The largest absolute Gasteiger partial charge is 0.493 e. The Labute approximate surface area is 87.6 Å². The molecule has 70 valence electrons. The van der Waals surface area contributed by atoms with Crippen molar-refractivity contribution in [2.75, 3.05) is 6.61 Å². The first-order valence-electron chi connectivity index (χ1n) is 4.27. The molecule has 0 aliphatic carbocycles. The molecule has 13 heavy (non-hydrogen) atoms. The van der Waals surface area contributed by atoms with Crippen molar-refractivity contribution in [2.24, 2.45) is 0 Å². The van der Waals surface area contributed by atoms with Crippen LogP contribution in [0.1, 0.15) is 23.4 Å². The van der Waals surface area contributed by atoms with Crippen molar-refractivity contribution in [1.82, 2.24) is 0 Å². The number of ether oxygens (including phenoxy) is 1. The van der Waals surface area contributed by atoms with Gasteiger partial charge in [0.2, 0.25) is 0 Å². The standard InChI is InChI=1S/C10H10Cl2O/c1-6(11)9-5-8(12)4-7-2-3-13-10(7)9/h4-6H,2-3H2,1H3. The smallest absolute Gasteiger partial charge is 0.127 e. The molecule has 0 fully saturated rings. The Balaban J connectivity index is 2.55. The van der Waals surface area contributed by atoms with Crippen LogP contribution in [-0.2, 0) is 6.42 Å². The van der Waals surface area contributed by atoms with Gasteiger partial charge in [-0.3, -0.25) is 0 Å². The summed E-state index contributed by atoms with van der Waals surface area (Å²) in [6, 6.07) is 3.83. The molecule has 0 spiro atoms. The number of benzene rings is 1. The second-order valence-electron chi connectivity index (χ2n) is 3.20. The second kappa shape index (κ2) is 3.39. The van der Waals surface area contributed by atoms with E-state index in [1.807, 2.05) is 19.1 Å². The molecule has 1 atom stereocenters. The molecule has 0 bridgehead atoms. The van der Waals surface area contributed by atoms with E-state index in [1.165, 1.54) is 5.56 Å². The van der Waals surface area contributed by atoms with Crippen molar-refractivity contribution in [3.05, 3.63) is 28.3 Å². The summed E-state index contributed by atoms with van der Waals surface area (Å²) in [6.07, 6.45) is 0.937. The maximum absolute atomic E-state index is 6.02. The van der Waals surface area contributed by atoms with Gasteiger partial charge in [0.05, 0.1) is 12.0 Å². The summed E-state index contributed by atoms with van der Waals surface area (Å²) in [5.74, 6) is 0.937. The predicted molar refractivity (Wildman–Crippen MR) is 54.9 cm³/mol. The number of fused-ring (bicyclic) bond motifs is 1. The lowest BCUT2D eigenvalue weighted by Crippen LogP contribution is -1.92. The van der Waals surface area contributed by atoms with Gasteiger partial charge in [-0.2, -0.15) is 0 Å². The van der Waals surface area contributed by atoms with E-state index in [0.29, 0.717) is 0 Å². The Morgan fingerprint density at radius 3 is 2.92 bits per heavy atom. The number of rotatable bonds is 1. The van der Waals surface area contributed by atoms with Crippen LogP contribution in [0.3, 0.4) is 0 Å². The zero-order valence-electron chi connectivity index (χ0n) is 7.31. The van der Waals surface area contributed by atoms with Gasteiger partial charge < -0.3 is 4.74 Å². The molecule has 1 aliphatic rings. The molecule has 1 aromatic rings. The van der Waals surface area contributed by atoms with Crippen LogP contribution in [0.5, 0.6) is 5.75 Å². The van der Waals surface area contributed by atoms with Crippen LogP contribution >= 0.6 is 23.2 Å². The minimum absolute atomic E-state index is 0.0504. The molecular weight excluding hydrogens is 207 g/mol. The lowest BCUT2D eigenvalue weighted by atomic mass is 10.1. The molecule has 0 amide bonds. The number of alkyl halides is 1. The lowest BCUT2D eigenvalue weighted by Gasteiger charge is -2.10. The third kappa shape index (κ3) is 1.63. The van der Waals surface area contributed by atoms with E-state index in [0.717, 1.165) is 29.4 Å². The summed E-state index contributed by atoms with van der Waals surface area (Å²) in [7, 11) is 0. The maximum Gasteiger partial charge on any atom is 0.127 e. The molecule has 0 N–H and O–H groups in total. The molecule has 1 heterocycles. The van der Waals surface area contributed by atoms with Gasteiger partial charge in [0.15, 0.2) is 0 Å². The van der Waals surface area contributed by atoms with Gasteiger partial charge in [0.1, 0.15) is 5.75 Å². The first-order chi connectivity index (χ1) is 6.18. The number of halogens is 2. The summed E-state index contributed by atoms with van der Waals surface area (Å²) in [6.45, 7) is 2.67. The number of hydrogen-bond donors (Lipinski definition) is 0. The summed E-state index contributed by atoms with van der Waals surface area (Å²) in [5, 5.41) is 0.692. The van der Waals surface area contributed by atoms with E-state index in [2.05, 4.69) is 0 Å². The minimum Gasteiger partial charge on any atom is -0.493 e. The molecule has 1 aromatic carbocycles. The summed E-state index contributed by atoms with van der Waals surface area (Å²) in [4.78, 5) is 0. The minimum atomic E-state index is -0.0504. The van der Waals surface area contributed by atoms with E-state index >= 15 is 0 Å². The van der Waals surface area contributed by atoms with Crippen LogP contribution in [0.4, 0.5) is 0 Å². The average molecular weight is 217 g/mol. The zero-order valence-corrected chi connectivity index (χ0v) is 8.82. The van der Waals surface area contributed by atoms with E-state index in [9.17, 15) is 0 Å². The third-order valence-corrected chi connectivity index (χ3v) is 2.66. The van der Waals surface area contributed by atoms with Crippen LogP contribution in [0, 0.1) is 0 Å². The van der Waals surface area contributed by atoms with Crippen molar-refractivity contribution < 1.29 is 4.74 Å². The number of hydrogen-bond acceptors (Lipinski definition) is 1. The van der Waals surface area contributed by atoms with Crippen molar-refractivity contribution in [2.45, 2.75) is 18.7 Å². The highest BCUT2D eigenvalue weighted by Gasteiger charge is 2.19. The van der Waals surface area contributed by atoms with Gasteiger partial charge in [-0.25, -0.2) is 0 Å². The van der Waals surface area contributed by atoms with Gasteiger partial charge in [-0.1, -0.05) is 11.6 Å². The Morgan fingerprint density at radius 1 is 1.46 bits per heavy atom. The summed E-state index contributed by atoms with van der Waals surface area (Å²) >= 11 is 12.0. The average Bonchev–Trinajstić information content (AvgIpc) is 2.49. The quantitative estimate of drug-likeness (QED) is 0.653. The van der Waals surface area contributed by atoms with Gasteiger partial charge in [-0.15, -0.1) is 11.6 Å². The van der Waals surface area contributed by atoms with E-state index in [-0.39, 0.29) is 5.38 Å². The first-order valence-corrected chi connectivity index (χ1v) is 5.09. The molecule has 0 saturated heterocycles. The maximum atomic E-state index is 6.02. The van der Waals surface area contributed by atoms with Gasteiger partial charge in [-0.05, 0) is 24.6 Å². The van der Waals surface area contributed by atoms with Crippen molar-refractivity contribution >= 4 is 23.2 Å². The SMILES string of the molecule is CC(Cl)c1cc(Cl)cc2c1OCC2. The molecule has 1 unspecified atom stereocenters. The fourth-order valence-electron chi connectivity index (χ4n) is 1.59. The van der Waals surface area contributed by atoms with E-state index < -0.39 is 0 Å². The molecule has 0 radical (unpaired) electrons. The van der Waals surface area contributed by atoms with Crippen molar-refractivity contribution in [3.63, 3.8) is 0 Å². The second-order valence-corrected chi connectivity index (χ2v) is 4.29. The monoisotopic (exact) mass is 216 g/mol. The summed E-state index contributed by atoms with van der Waals surface area (Å²) in [5.41, 5.74) is 2.18. The Hall–Kier alpha value is -0.400. The lowest BCUT2D eigenvalue weighted by molar-refractivity contribution is 0.353. The Morgan fingerprint density at radius 2 is 2.23 bits per heavy atom. The molecular formula is C10H10Cl2O. The van der Waals surface area contributed by atoms with E-state index in [1.54, 1.807) is 0 Å². The molecule has 0 aromatic heterocycles. The molecule has 1 aliphatic heterocycles. The molecule has 1 nitrogen and oxygen atoms in total. The Bertz CT molecular complexity index is 334. The van der Waals surface area contributed by atoms with Crippen molar-refractivity contribution in [3.8, 4) is 5.75 Å². The summed E-state index contributed by atoms with van der Waals surface area (Å²) < 4.78 is 5.50. The zero-order chi connectivity index (χ0) is 9.42. The van der Waals surface area contributed by atoms with Crippen LogP contribution in [0.2, 0.25) is 5.02 Å². The fourth-order valence-corrected chi connectivity index (χ4v) is 2.00. The molecule has 2 rings (SSSR count). The highest BCUT2D eigenvalue weighted by atomic mass is 35.5. The molecule has 0 saturated carbocycles. The van der Waals surface area contributed by atoms with E-state index in [4.69, 9.17) is 27.9 Å². The van der Waals surface area contributed by atoms with Gasteiger partial charge in [0.25, 0.3) is 0 Å². The predicted octanol–water partition coefficient (Wildman–Crippen LogP) is 3.57. The third-order valence-electron chi connectivity index (χ3n) is 2.21. The van der Waals surface area contributed by atoms with Crippen LogP contribution in [0.25, 0.3) is 0 Å². The van der Waals surface area contributed by atoms with Crippen LogP contribution < -0.4 is 4.74 Å². The van der Waals surface area contributed by atoms with Gasteiger partial charge in [0, 0.05) is 17.0 Å². The van der Waals surface area contributed by atoms with Gasteiger partial charge >= 0.3 is 0 Å². The highest BCUT2D eigenvalue weighted by Crippen LogP contribution is 2.38. The highest BCUT2D eigenvalue weighted by molar-refractivity contribution is 6.31. The van der Waals surface area contributed by atoms with Crippen molar-refractivity contribution in [1.29, 1.82) is 0 Å². The normalized spacial score (nSPS) is 16.5.